The molecule has 1 saturated heterocycles. The van der Waals surface area contributed by atoms with Crippen LogP contribution in [-0.4, -0.2) is 46.8 Å². The second-order valence-electron chi connectivity index (χ2n) is 9.38. The predicted octanol–water partition coefficient (Wildman–Crippen LogP) is 4.62. The van der Waals surface area contributed by atoms with E-state index in [9.17, 15) is 9.59 Å². The highest BCUT2D eigenvalue weighted by atomic mass is 16.5. The Balaban J connectivity index is 1.71. The van der Waals surface area contributed by atoms with Gasteiger partial charge in [-0.2, -0.15) is 0 Å². The first-order valence-electron chi connectivity index (χ1n) is 11.6. The van der Waals surface area contributed by atoms with Gasteiger partial charge in [0.15, 0.2) is 0 Å². The van der Waals surface area contributed by atoms with Crippen LogP contribution >= 0.6 is 0 Å². The minimum Gasteiger partial charge on any atom is -0.491 e. The largest absolute Gasteiger partial charge is 0.491 e. The standard InChI is InChI=1S/C25H34N2O3/c1-17(2)30-21-13-11-19(12-14-21)22-23(26-15-7-8-18(3)16-26)25(29)27(24(22)28)20-9-5-4-6-10-20/h11-14,17-18,20H,4-10,15-16H2,1-3H3. The average Bonchev–Trinajstić information content (AvgIpc) is 2.99. The number of nitrogens with zero attached hydrogens (tertiary/aromatic N) is 2. The summed E-state index contributed by atoms with van der Waals surface area (Å²) in [6.45, 7) is 7.89. The number of hydrogen-bond donors (Lipinski definition) is 0. The van der Waals surface area contributed by atoms with E-state index in [2.05, 4.69) is 11.8 Å². The van der Waals surface area contributed by atoms with Crippen molar-refractivity contribution in [2.24, 2.45) is 5.92 Å². The number of carbonyl (C=O) groups is 2. The second kappa shape index (κ2) is 8.83. The van der Waals surface area contributed by atoms with E-state index >= 15 is 0 Å². The molecule has 2 fully saturated rings. The minimum absolute atomic E-state index is 0.0389. The van der Waals surface area contributed by atoms with Gasteiger partial charge in [-0.25, -0.2) is 0 Å². The first-order valence-corrected chi connectivity index (χ1v) is 11.6. The van der Waals surface area contributed by atoms with Crippen LogP contribution in [0.4, 0.5) is 0 Å². The molecule has 3 aliphatic rings. The summed E-state index contributed by atoms with van der Waals surface area (Å²) in [5, 5.41) is 0. The van der Waals surface area contributed by atoms with Crippen LogP contribution in [0.15, 0.2) is 30.0 Å². The zero-order chi connectivity index (χ0) is 21.3. The topological polar surface area (TPSA) is 49.9 Å². The van der Waals surface area contributed by atoms with Crippen LogP contribution in [-0.2, 0) is 9.59 Å². The normalized spacial score (nSPS) is 23.7. The summed E-state index contributed by atoms with van der Waals surface area (Å²) in [7, 11) is 0. The SMILES string of the molecule is CC1CCCN(C2=C(c3ccc(OC(C)C)cc3)C(=O)N(C3CCCCC3)C2=O)C1. The fourth-order valence-electron chi connectivity index (χ4n) is 5.12. The molecule has 2 aliphatic heterocycles. The van der Waals surface area contributed by atoms with Crippen molar-refractivity contribution < 1.29 is 14.3 Å². The van der Waals surface area contributed by atoms with Crippen molar-refractivity contribution in [1.82, 2.24) is 9.80 Å². The molecule has 5 nitrogen and oxygen atoms in total. The van der Waals surface area contributed by atoms with E-state index in [0.29, 0.717) is 17.2 Å². The van der Waals surface area contributed by atoms with Crippen molar-refractivity contribution in [2.45, 2.75) is 77.9 Å². The van der Waals surface area contributed by atoms with Crippen LogP contribution in [0.2, 0.25) is 0 Å². The lowest BCUT2D eigenvalue weighted by molar-refractivity contribution is -0.141. The van der Waals surface area contributed by atoms with Crippen molar-refractivity contribution in [3.8, 4) is 5.75 Å². The van der Waals surface area contributed by atoms with E-state index in [1.54, 1.807) is 4.90 Å². The molecule has 0 radical (unpaired) electrons. The number of rotatable bonds is 5. The molecule has 0 N–H and O–H groups in total. The van der Waals surface area contributed by atoms with Crippen LogP contribution < -0.4 is 4.74 Å². The van der Waals surface area contributed by atoms with Gasteiger partial charge in [-0.05, 0) is 63.1 Å². The van der Waals surface area contributed by atoms with Gasteiger partial charge >= 0.3 is 0 Å². The van der Waals surface area contributed by atoms with Crippen molar-refractivity contribution in [1.29, 1.82) is 0 Å². The van der Waals surface area contributed by atoms with Gasteiger partial charge < -0.3 is 9.64 Å². The molecule has 1 unspecified atom stereocenters. The molecule has 0 aromatic heterocycles. The Morgan fingerprint density at radius 2 is 1.63 bits per heavy atom. The first kappa shape index (κ1) is 21.0. The van der Waals surface area contributed by atoms with E-state index in [1.807, 2.05) is 38.1 Å². The predicted molar refractivity (Wildman–Crippen MR) is 118 cm³/mol. The van der Waals surface area contributed by atoms with Gasteiger partial charge in [0.05, 0.1) is 11.7 Å². The Labute approximate surface area is 180 Å². The zero-order valence-electron chi connectivity index (χ0n) is 18.5. The third-order valence-electron chi connectivity index (χ3n) is 6.52. The van der Waals surface area contributed by atoms with E-state index in [-0.39, 0.29) is 24.0 Å². The maximum absolute atomic E-state index is 13.6. The van der Waals surface area contributed by atoms with Gasteiger partial charge in [-0.15, -0.1) is 0 Å². The number of imide groups is 1. The number of likely N-dealkylation sites (tertiary alicyclic amines) is 1. The molecular weight excluding hydrogens is 376 g/mol. The van der Waals surface area contributed by atoms with Crippen LogP contribution in [0.5, 0.6) is 5.75 Å². The fraction of sp³-hybridized carbons (Fsp3) is 0.600. The molecule has 4 rings (SSSR count). The number of ether oxygens (including phenoxy) is 1. The van der Waals surface area contributed by atoms with Crippen molar-refractivity contribution in [3.05, 3.63) is 35.5 Å². The number of hydrogen-bond acceptors (Lipinski definition) is 4. The van der Waals surface area contributed by atoms with E-state index < -0.39 is 0 Å². The van der Waals surface area contributed by atoms with Crippen LogP contribution in [0, 0.1) is 5.92 Å². The van der Waals surface area contributed by atoms with Gasteiger partial charge in [0.1, 0.15) is 11.4 Å². The average molecular weight is 411 g/mol. The summed E-state index contributed by atoms with van der Waals surface area (Å²) >= 11 is 0. The summed E-state index contributed by atoms with van der Waals surface area (Å²) in [5.41, 5.74) is 2.02. The monoisotopic (exact) mass is 410 g/mol. The molecule has 30 heavy (non-hydrogen) atoms. The lowest BCUT2D eigenvalue weighted by atomic mass is 9.94. The van der Waals surface area contributed by atoms with Crippen LogP contribution in [0.3, 0.4) is 0 Å². The fourth-order valence-corrected chi connectivity index (χ4v) is 5.12. The number of carbonyl (C=O) groups excluding carboxylic acids is 2. The Morgan fingerprint density at radius 1 is 0.933 bits per heavy atom. The lowest BCUT2D eigenvalue weighted by Crippen LogP contribution is -2.44. The summed E-state index contributed by atoms with van der Waals surface area (Å²) < 4.78 is 5.76. The zero-order valence-corrected chi connectivity index (χ0v) is 18.5. The number of amides is 2. The third-order valence-corrected chi connectivity index (χ3v) is 6.52. The molecule has 2 heterocycles. The molecule has 1 atom stereocenters. The highest BCUT2D eigenvalue weighted by Gasteiger charge is 2.45. The van der Waals surface area contributed by atoms with E-state index in [1.165, 1.54) is 12.8 Å². The Morgan fingerprint density at radius 3 is 2.27 bits per heavy atom. The Kier molecular flexibility index (Phi) is 6.16. The highest BCUT2D eigenvalue weighted by molar-refractivity contribution is 6.35. The second-order valence-corrected chi connectivity index (χ2v) is 9.38. The lowest BCUT2D eigenvalue weighted by Gasteiger charge is -2.34. The Bertz CT molecular complexity index is 821. The first-order chi connectivity index (χ1) is 14.5. The quantitative estimate of drug-likeness (QED) is 0.665. The molecule has 162 valence electrons. The number of piperidine rings is 1. The molecule has 0 bridgehead atoms. The molecule has 1 aromatic carbocycles. The minimum atomic E-state index is -0.113. The van der Waals surface area contributed by atoms with Crippen molar-refractivity contribution in [3.63, 3.8) is 0 Å². The van der Waals surface area contributed by atoms with Crippen LogP contribution in [0.25, 0.3) is 5.57 Å². The van der Waals surface area contributed by atoms with Gasteiger partial charge in [-0.3, -0.25) is 14.5 Å². The molecule has 5 heteroatoms. The van der Waals surface area contributed by atoms with Gasteiger partial charge in [-0.1, -0.05) is 38.3 Å². The summed E-state index contributed by atoms with van der Waals surface area (Å²) in [6.07, 6.45) is 7.56. The molecule has 1 aliphatic carbocycles. The van der Waals surface area contributed by atoms with Gasteiger partial charge in [0.2, 0.25) is 0 Å². The molecular formula is C25H34N2O3. The van der Waals surface area contributed by atoms with Gasteiger partial charge in [0, 0.05) is 19.1 Å². The maximum atomic E-state index is 13.6. The smallest absolute Gasteiger partial charge is 0.278 e. The van der Waals surface area contributed by atoms with Crippen molar-refractivity contribution >= 4 is 17.4 Å². The summed E-state index contributed by atoms with van der Waals surface area (Å²) in [6, 6.07) is 7.70. The van der Waals surface area contributed by atoms with Crippen molar-refractivity contribution in [2.75, 3.05) is 13.1 Å². The summed E-state index contributed by atoms with van der Waals surface area (Å²) in [4.78, 5) is 31.0. The molecule has 0 spiro atoms. The third kappa shape index (κ3) is 4.12. The molecule has 2 amide bonds. The van der Waals surface area contributed by atoms with E-state index in [4.69, 9.17) is 4.74 Å². The molecule has 1 saturated carbocycles. The summed E-state index contributed by atoms with van der Waals surface area (Å²) in [5.74, 6) is 1.11. The Hall–Kier alpha value is -2.30. The van der Waals surface area contributed by atoms with Gasteiger partial charge in [0.25, 0.3) is 11.8 Å². The molecule has 1 aromatic rings. The number of benzene rings is 1. The highest BCUT2D eigenvalue weighted by Crippen LogP contribution is 2.37. The maximum Gasteiger partial charge on any atom is 0.278 e. The van der Waals surface area contributed by atoms with E-state index in [0.717, 1.165) is 56.5 Å². The van der Waals surface area contributed by atoms with Crippen LogP contribution in [0.1, 0.15) is 71.3 Å².